The number of ether oxygens (including phenoxy) is 3. The van der Waals surface area contributed by atoms with Crippen LogP contribution < -0.4 is 9.47 Å². The van der Waals surface area contributed by atoms with E-state index in [9.17, 15) is 9.90 Å². The van der Waals surface area contributed by atoms with Crippen molar-refractivity contribution in [2.24, 2.45) is 5.92 Å². The molecule has 1 aromatic rings. The molecule has 0 saturated carbocycles. The summed E-state index contributed by atoms with van der Waals surface area (Å²) in [5.74, 6) is 0.335. The zero-order valence-corrected chi connectivity index (χ0v) is 11.3. The van der Waals surface area contributed by atoms with E-state index in [1.807, 2.05) is 6.07 Å². The van der Waals surface area contributed by atoms with Crippen molar-refractivity contribution in [3.8, 4) is 11.5 Å². The van der Waals surface area contributed by atoms with Gasteiger partial charge in [0, 0.05) is 6.42 Å². The summed E-state index contributed by atoms with van der Waals surface area (Å²) in [6.45, 7) is 1.66. The summed E-state index contributed by atoms with van der Waals surface area (Å²) < 4.78 is 15.7. The van der Waals surface area contributed by atoms with Gasteiger partial charge >= 0.3 is 5.97 Å². The summed E-state index contributed by atoms with van der Waals surface area (Å²) in [6.07, 6.45) is -0.736. The van der Waals surface area contributed by atoms with E-state index < -0.39 is 18.1 Å². The van der Waals surface area contributed by atoms with Crippen molar-refractivity contribution in [1.29, 1.82) is 0 Å². The van der Waals surface area contributed by atoms with E-state index in [2.05, 4.69) is 0 Å². The average Bonchev–Trinajstić information content (AvgIpc) is 2.43. The molecule has 0 amide bonds. The van der Waals surface area contributed by atoms with Crippen molar-refractivity contribution >= 4 is 5.97 Å². The highest BCUT2D eigenvalue weighted by molar-refractivity contribution is 5.74. The number of cyclic esters (lactones) is 1. The minimum Gasteiger partial charge on any atom is -0.493 e. The van der Waals surface area contributed by atoms with Crippen LogP contribution in [-0.2, 0) is 9.53 Å². The maximum absolute atomic E-state index is 11.6. The van der Waals surface area contributed by atoms with Crippen LogP contribution in [0.25, 0.3) is 0 Å². The van der Waals surface area contributed by atoms with Gasteiger partial charge in [0.05, 0.1) is 26.2 Å². The normalized spacial score (nSPS) is 26.7. The molecule has 1 aliphatic heterocycles. The summed E-state index contributed by atoms with van der Waals surface area (Å²) in [7, 11) is 3.11. The predicted octanol–water partition coefficient (Wildman–Crippen LogP) is 1.69. The predicted molar refractivity (Wildman–Crippen MR) is 68.2 cm³/mol. The highest BCUT2D eigenvalue weighted by Crippen LogP contribution is 2.36. The van der Waals surface area contributed by atoms with Crippen molar-refractivity contribution in [3.05, 3.63) is 23.8 Å². The number of hydrogen-bond donors (Lipinski definition) is 1. The molecule has 3 unspecified atom stereocenters. The number of methoxy groups -OCH3 is 2. The molecule has 1 heterocycles. The van der Waals surface area contributed by atoms with Crippen molar-refractivity contribution in [3.63, 3.8) is 0 Å². The van der Waals surface area contributed by atoms with Gasteiger partial charge in [-0.1, -0.05) is 6.07 Å². The quantitative estimate of drug-likeness (QED) is 0.843. The van der Waals surface area contributed by atoms with Crippen LogP contribution in [0.5, 0.6) is 11.5 Å². The molecule has 1 N–H and O–H groups in total. The zero-order valence-electron chi connectivity index (χ0n) is 11.3. The summed E-state index contributed by atoms with van der Waals surface area (Å²) in [5.41, 5.74) is 0.789. The van der Waals surface area contributed by atoms with Gasteiger partial charge in [-0.05, 0) is 24.6 Å². The molecule has 19 heavy (non-hydrogen) atoms. The Morgan fingerprint density at radius 1 is 1.26 bits per heavy atom. The molecule has 1 saturated heterocycles. The molecule has 5 heteroatoms. The lowest BCUT2D eigenvalue weighted by molar-refractivity contribution is -0.169. The topological polar surface area (TPSA) is 65.0 Å². The monoisotopic (exact) mass is 266 g/mol. The molecule has 1 aliphatic rings. The lowest BCUT2D eigenvalue weighted by atomic mass is 9.92. The molecule has 104 valence electrons. The van der Waals surface area contributed by atoms with E-state index >= 15 is 0 Å². The first-order chi connectivity index (χ1) is 9.06. The second-order valence-corrected chi connectivity index (χ2v) is 4.63. The molecule has 0 aromatic heterocycles. The number of esters is 1. The third-order valence-corrected chi connectivity index (χ3v) is 3.44. The number of hydrogen-bond acceptors (Lipinski definition) is 5. The van der Waals surface area contributed by atoms with Crippen molar-refractivity contribution < 1.29 is 24.1 Å². The zero-order chi connectivity index (χ0) is 14.0. The number of aliphatic hydroxyl groups is 1. The standard InChI is InChI=1S/C14H18O5/c1-8-10(15)7-12(19-14(8)16)9-4-5-11(17-2)13(6-9)18-3/h4-6,8,10,12,15H,7H2,1-3H3. The fraction of sp³-hybridized carbons (Fsp3) is 0.500. The Bertz CT molecular complexity index is 471. The second kappa shape index (κ2) is 5.48. The first-order valence-corrected chi connectivity index (χ1v) is 6.17. The van der Waals surface area contributed by atoms with Gasteiger partial charge in [0.25, 0.3) is 0 Å². The van der Waals surface area contributed by atoms with Crippen molar-refractivity contribution in [2.45, 2.75) is 25.6 Å². The first kappa shape index (κ1) is 13.7. The Kier molecular flexibility index (Phi) is 3.95. The molecule has 1 fully saturated rings. The van der Waals surface area contributed by atoms with Gasteiger partial charge in [-0.3, -0.25) is 4.79 Å². The second-order valence-electron chi connectivity index (χ2n) is 4.63. The number of rotatable bonds is 3. The molecule has 5 nitrogen and oxygen atoms in total. The van der Waals surface area contributed by atoms with Crippen LogP contribution >= 0.6 is 0 Å². The van der Waals surface area contributed by atoms with Crippen LogP contribution in [0.1, 0.15) is 25.0 Å². The fourth-order valence-corrected chi connectivity index (χ4v) is 2.13. The molecular formula is C14H18O5. The average molecular weight is 266 g/mol. The molecule has 0 aliphatic carbocycles. The summed E-state index contributed by atoms with van der Waals surface area (Å²) in [4.78, 5) is 11.6. The minimum atomic E-state index is -0.681. The van der Waals surface area contributed by atoms with Gasteiger partial charge in [-0.2, -0.15) is 0 Å². The lowest BCUT2D eigenvalue weighted by Gasteiger charge is -2.30. The van der Waals surface area contributed by atoms with Gasteiger partial charge in [0.2, 0.25) is 0 Å². The molecule has 2 rings (SSSR count). The Labute approximate surface area is 112 Å². The Morgan fingerprint density at radius 2 is 1.95 bits per heavy atom. The van der Waals surface area contributed by atoms with E-state index in [0.717, 1.165) is 5.56 Å². The van der Waals surface area contributed by atoms with E-state index in [4.69, 9.17) is 14.2 Å². The van der Waals surface area contributed by atoms with Crippen molar-refractivity contribution in [2.75, 3.05) is 14.2 Å². The van der Waals surface area contributed by atoms with Gasteiger partial charge in [0.1, 0.15) is 6.10 Å². The maximum atomic E-state index is 11.6. The number of carbonyl (C=O) groups excluding carboxylic acids is 1. The molecule has 3 atom stereocenters. The Balaban J connectivity index is 2.25. The molecule has 1 aromatic carbocycles. The first-order valence-electron chi connectivity index (χ1n) is 6.17. The number of aliphatic hydroxyl groups excluding tert-OH is 1. The van der Waals surface area contributed by atoms with Crippen LogP contribution in [0.3, 0.4) is 0 Å². The fourth-order valence-electron chi connectivity index (χ4n) is 2.13. The molecular weight excluding hydrogens is 248 g/mol. The smallest absolute Gasteiger partial charge is 0.311 e. The highest BCUT2D eigenvalue weighted by Gasteiger charge is 2.35. The van der Waals surface area contributed by atoms with Crippen LogP contribution in [0, 0.1) is 5.92 Å². The molecule has 0 radical (unpaired) electrons. The largest absolute Gasteiger partial charge is 0.493 e. The summed E-state index contributed by atoms with van der Waals surface area (Å²) >= 11 is 0. The van der Waals surface area contributed by atoms with E-state index in [1.54, 1.807) is 33.3 Å². The van der Waals surface area contributed by atoms with Crippen LogP contribution in [0.4, 0.5) is 0 Å². The molecule has 0 bridgehead atoms. The van der Waals surface area contributed by atoms with E-state index in [-0.39, 0.29) is 5.97 Å². The number of benzene rings is 1. The van der Waals surface area contributed by atoms with E-state index in [0.29, 0.717) is 17.9 Å². The summed E-state index contributed by atoms with van der Waals surface area (Å²) in [6, 6.07) is 5.33. The Morgan fingerprint density at radius 3 is 2.53 bits per heavy atom. The highest BCUT2D eigenvalue weighted by atomic mass is 16.5. The van der Waals surface area contributed by atoms with Gasteiger partial charge in [-0.25, -0.2) is 0 Å². The van der Waals surface area contributed by atoms with Crippen LogP contribution in [0.2, 0.25) is 0 Å². The SMILES string of the molecule is COc1ccc(C2CC(O)C(C)C(=O)O2)cc1OC. The van der Waals surface area contributed by atoms with E-state index in [1.165, 1.54) is 0 Å². The maximum Gasteiger partial charge on any atom is 0.311 e. The van der Waals surface area contributed by atoms with Crippen LogP contribution in [0.15, 0.2) is 18.2 Å². The van der Waals surface area contributed by atoms with Gasteiger partial charge < -0.3 is 19.3 Å². The summed E-state index contributed by atoms with van der Waals surface area (Å²) in [5, 5.41) is 9.85. The lowest BCUT2D eigenvalue weighted by Crippen LogP contribution is -2.36. The van der Waals surface area contributed by atoms with Gasteiger partial charge in [-0.15, -0.1) is 0 Å². The van der Waals surface area contributed by atoms with Crippen LogP contribution in [-0.4, -0.2) is 31.4 Å². The minimum absolute atomic E-state index is 0.376. The van der Waals surface area contributed by atoms with Gasteiger partial charge in [0.15, 0.2) is 11.5 Å². The molecule has 0 spiro atoms. The third kappa shape index (κ3) is 2.66. The number of carbonyl (C=O) groups is 1. The van der Waals surface area contributed by atoms with Crippen molar-refractivity contribution in [1.82, 2.24) is 0 Å². The Hall–Kier alpha value is -1.75. The third-order valence-electron chi connectivity index (χ3n) is 3.44.